The minimum absolute atomic E-state index is 0.0832. The lowest BCUT2D eigenvalue weighted by atomic mass is 10.2. The molecular formula is C10H14N2O2. The predicted molar refractivity (Wildman–Crippen MR) is 52.9 cm³/mol. The van der Waals surface area contributed by atoms with E-state index in [4.69, 9.17) is 4.74 Å². The van der Waals surface area contributed by atoms with Crippen LogP contribution in [-0.4, -0.2) is 17.5 Å². The molecule has 0 aromatic carbocycles. The number of carbonyl (C=O) groups is 1. The standard InChI is InChI=1S/C10H14N2O2/c1-8(2)14-10-9(6-11-7-13)4-3-5-12-10/h3-5,7-8H,6H2,1-2H3,(H,11,13). The molecule has 0 bridgehead atoms. The van der Waals surface area contributed by atoms with Crippen LogP contribution in [-0.2, 0) is 11.3 Å². The lowest BCUT2D eigenvalue weighted by molar-refractivity contribution is -0.109. The van der Waals surface area contributed by atoms with Crippen LogP contribution in [0.4, 0.5) is 0 Å². The van der Waals surface area contributed by atoms with Gasteiger partial charge in [0.2, 0.25) is 12.3 Å². The number of hydrogen-bond acceptors (Lipinski definition) is 3. The van der Waals surface area contributed by atoms with Crippen molar-refractivity contribution in [3.8, 4) is 5.88 Å². The second-order valence-electron chi connectivity index (χ2n) is 3.13. The molecule has 1 amide bonds. The van der Waals surface area contributed by atoms with Crippen LogP contribution in [0.2, 0.25) is 0 Å². The summed E-state index contributed by atoms with van der Waals surface area (Å²) in [6.07, 6.45) is 2.41. The van der Waals surface area contributed by atoms with Crippen molar-refractivity contribution in [3.63, 3.8) is 0 Å². The summed E-state index contributed by atoms with van der Waals surface area (Å²) < 4.78 is 5.48. The summed E-state index contributed by atoms with van der Waals surface area (Å²) in [5.41, 5.74) is 0.883. The molecule has 0 aliphatic heterocycles. The first-order chi connectivity index (χ1) is 6.74. The first kappa shape index (κ1) is 10.5. The fourth-order valence-electron chi connectivity index (χ4n) is 1.04. The monoisotopic (exact) mass is 194 g/mol. The normalized spacial score (nSPS) is 9.93. The minimum atomic E-state index is 0.0832. The van der Waals surface area contributed by atoms with Crippen LogP contribution < -0.4 is 10.1 Å². The number of aromatic nitrogens is 1. The van der Waals surface area contributed by atoms with Crippen molar-refractivity contribution >= 4 is 6.41 Å². The highest BCUT2D eigenvalue weighted by Crippen LogP contribution is 2.15. The van der Waals surface area contributed by atoms with E-state index < -0.39 is 0 Å². The topological polar surface area (TPSA) is 51.2 Å². The van der Waals surface area contributed by atoms with Gasteiger partial charge in [-0.05, 0) is 19.9 Å². The maximum Gasteiger partial charge on any atom is 0.218 e. The molecule has 4 nitrogen and oxygen atoms in total. The average molecular weight is 194 g/mol. The molecule has 0 atom stereocenters. The van der Waals surface area contributed by atoms with E-state index in [1.807, 2.05) is 26.0 Å². The summed E-state index contributed by atoms with van der Waals surface area (Å²) >= 11 is 0. The summed E-state index contributed by atoms with van der Waals surface area (Å²) in [6, 6.07) is 3.69. The van der Waals surface area contributed by atoms with Crippen LogP contribution in [0.1, 0.15) is 19.4 Å². The van der Waals surface area contributed by atoms with Crippen LogP contribution in [0.25, 0.3) is 0 Å². The van der Waals surface area contributed by atoms with Gasteiger partial charge in [-0.2, -0.15) is 0 Å². The number of hydrogen-bond donors (Lipinski definition) is 1. The lowest BCUT2D eigenvalue weighted by Gasteiger charge is -2.12. The molecule has 0 fully saturated rings. The Labute approximate surface area is 83.3 Å². The van der Waals surface area contributed by atoms with Gasteiger partial charge in [-0.15, -0.1) is 0 Å². The Morgan fingerprint density at radius 2 is 2.43 bits per heavy atom. The third-order valence-corrected chi connectivity index (χ3v) is 1.57. The maximum atomic E-state index is 10.1. The van der Waals surface area contributed by atoms with E-state index in [1.165, 1.54) is 0 Å². The fourth-order valence-corrected chi connectivity index (χ4v) is 1.04. The highest BCUT2D eigenvalue weighted by Gasteiger charge is 2.05. The highest BCUT2D eigenvalue weighted by atomic mass is 16.5. The van der Waals surface area contributed by atoms with Crippen molar-refractivity contribution in [1.29, 1.82) is 0 Å². The molecule has 1 aromatic rings. The quantitative estimate of drug-likeness (QED) is 0.714. The van der Waals surface area contributed by atoms with E-state index in [2.05, 4.69) is 10.3 Å². The Morgan fingerprint density at radius 1 is 1.64 bits per heavy atom. The molecule has 4 heteroatoms. The minimum Gasteiger partial charge on any atom is -0.475 e. The number of nitrogens with zero attached hydrogens (tertiary/aromatic N) is 1. The third-order valence-electron chi connectivity index (χ3n) is 1.57. The summed E-state index contributed by atoms with van der Waals surface area (Å²) in [4.78, 5) is 14.2. The van der Waals surface area contributed by atoms with Gasteiger partial charge in [0.15, 0.2) is 0 Å². The molecule has 0 radical (unpaired) electrons. The molecule has 0 aliphatic rings. The van der Waals surface area contributed by atoms with Gasteiger partial charge in [-0.25, -0.2) is 4.98 Å². The van der Waals surface area contributed by atoms with Crippen LogP contribution >= 0.6 is 0 Å². The van der Waals surface area contributed by atoms with E-state index in [0.29, 0.717) is 18.8 Å². The summed E-state index contributed by atoms with van der Waals surface area (Å²) in [7, 11) is 0. The molecule has 0 aliphatic carbocycles. The summed E-state index contributed by atoms with van der Waals surface area (Å²) in [6.45, 7) is 4.32. The van der Waals surface area contributed by atoms with Gasteiger partial charge in [0.25, 0.3) is 0 Å². The maximum absolute atomic E-state index is 10.1. The van der Waals surface area contributed by atoms with E-state index >= 15 is 0 Å². The molecule has 1 aromatic heterocycles. The van der Waals surface area contributed by atoms with Crippen molar-refractivity contribution in [2.75, 3.05) is 0 Å². The van der Waals surface area contributed by atoms with Gasteiger partial charge in [-0.3, -0.25) is 4.79 Å². The Hall–Kier alpha value is -1.58. The number of amides is 1. The average Bonchev–Trinajstić information content (AvgIpc) is 2.16. The van der Waals surface area contributed by atoms with Crippen molar-refractivity contribution in [2.24, 2.45) is 0 Å². The zero-order valence-electron chi connectivity index (χ0n) is 8.36. The molecule has 1 heterocycles. The zero-order valence-corrected chi connectivity index (χ0v) is 8.36. The number of ether oxygens (including phenoxy) is 1. The molecule has 0 unspecified atom stereocenters. The van der Waals surface area contributed by atoms with Gasteiger partial charge in [0, 0.05) is 18.3 Å². The molecule has 0 saturated carbocycles. The third kappa shape index (κ3) is 3.05. The van der Waals surface area contributed by atoms with Crippen LogP contribution in [0.5, 0.6) is 5.88 Å². The Bertz CT molecular complexity index is 300. The fraction of sp³-hybridized carbons (Fsp3) is 0.400. The predicted octanol–water partition coefficient (Wildman–Crippen LogP) is 1.11. The van der Waals surface area contributed by atoms with Crippen molar-refractivity contribution < 1.29 is 9.53 Å². The lowest BCUT2D eigenvalue weighted by Crippen LogP contribution is -2.14. The van der Waals surface area contributed by atoms with Gasteiger partial charge < -0.3 is 10.1 Å². The van der Waals surface area contributed by atoms with E-state index in [0.717, 1.165) is 5.56 Å². The molecular weight excluding hydrogens is 180 g/mol. The van der Waals surface area contributed by atoms with Crippen LogP contribution in [0.3, 0.4) is 0 Å². The second-order valence-corrected chi connectivity index (χ2v) is 3.13. The molecule has 76 valence electrons. The largest absolute Gasteiger partial charge is 0.475 e. The van der Waals surface area contributed by atoms with E-state index in [1.54, 1.807) is 6.20 Å². The highest BCUT2D eigenvalue weighted by molar-refractivity contribution is 5.46. The van der Waals surface area contributed by atoms with Crippen LogP contribution in [0.15, 0.2) is 18.3 Å². The molecule has 1 rings (SSSR count). The van der Waals surface area contributed by atoms with Crippen LogP contribution in [0, 0.1) is 0 Å². The first-order valence-corrected chi connectivity index (χ1v) is 4.51. The number of nitrogens with one attached hydrogen (secondary N) is 1. The first-order valence-electron chi connectivity index (χ1n) is 4.51. The Balaban J connectivity index is 2.74. The van der Waals surface area contributed by atoms with Gasteiger partial charge >= 0.3 is 0 Å². The number of rotatable bonds is 5. The molecule has 0 saturated heterocycles. The zero-order chi connectivity index (χ0) is 10.4. The van der Waals surface area contributed by atoms with Gasteiger partial charge in [-0.1, -0.05) is 6.07 Å². The number of pyridine rings is 1. The van der Waals surface area contributed by atoms with Crippen molar-refractivity contribution in [1.82, 2.24) is 10.3 Å². The van der Waals surface area contributed by atoms with E-state index in [-0.39, 0.29) is 6.10 Å². The molecule has 0 spiro atoms. The van der Waals surface area contributed by atoms with Gasteiger partial charge in [0.1, 0.15) is 0 Å². The molecule has 1 N–H and O–H groups in total. The van der Waals surface area contributed by atoms with E-state index in [9.17, 15) is 4.79 Å². The summed E-state index contributed by atoms with van der Waals surface area (Å²) in [5.74, 6) is 0.580. The second kappa shape index (κ2) is 5.21. The SMILES string of the molecule is CC(C)Oc1ncccc1CNC=O. The smallest absolute Gasteiger partial charge is 0.218 e. The van der Waals surface area contributed by atoms with Gasteiger partial charge in [0.05, 0.1) is 6.10 Å². The number of carbonyl (C=O) groups excluding carboxylic acids is 1. The van der Waals surface area contributed by atoms with Crippen molar-refractivity contribution in [3.05, 3.63) is 23.9 Å². The Kier molecular flexibility index (Phi) is 3.91. The summed E-state index contributed by atoms with van der Waals surface area (Å²) in [5, 5.41) is 2.58. The Morgan fingerprint density at radius 3 is 3.07 bits per heavy atom. The van der Waals surface area contributed by atoms with Crippen molar-refractivity contribution in [2.45, 2.75) is 26.5 Å². The molecule has 14 heavy (non-hydrogen) atoms.